The van der Waals surface area contributed by atoms with E-state index in [9.17, 15) is 35.1 Å². The highest BCUT2D eigenvalue weighted by Gasteiger charge is 2.47. The lowest BCUT2D eigenvalue weighted by Gasteiger charge is -2.38. The van der Waals surface area contributed by atoms with Crippen LogP contribution >= 0.6 is 0 Å². The van der Waals surface area contributed by atoms with E-state index in [0.717, 1.165) is 0 Å². The van der Waals surface area contributed by atoms with Crippen molar-refractivity contribution in [3.05, 3.63) is 51.6 Å². The zero-order chi connectivity index (χ0) is 22.0. The van der Waals surface area contributed by atoms with Gasteiger partial charge in [0.05, 0.1) is 42.2 Å². The number of hydrogen-bond acceptors (Lipinski definition) is 9. The number of rotatable bonds is 3. The van der Waals surface area contributed by atoms with Gasteiger partial charge < -0.3 is 35.7 Å². The molecule has 0 saturated carbocycles. The van der Waals surface area contributed by atoms with Crippen molar-refractivity contribution in [2.45, 2.75) is 24.5 Å². The van der Waals surface area contributed by atoms with Gasteiger partial charge in [0, 0.05) is 29.5 Å². The Morgan fingerprint density at radius 3 is 2.47 bits per heavy atom. The van der Waals surface area contributed by atoms with Crippen LogP contribution < -0.4 is 4.74 Å². The van der Waals surface area contributed by atoms with Gasteiger partial charge in [0.15, 0.2) is 5.78 Å². The Labute approximate surface area is 170 Å². The number of aliphatic hydroxyl groups is 3. The van der Waals surface area contributed by atoms with Crippen LogP contribution in [0.1, 0.15) is 55.5 Å². The monoisotopic (exact) mass is 413 g/mol. The average Bonchev–Trinajstić information content (AvgIpc) is 2.72. The van der Waals surface area contributed by atoms with Crippen LogP contribution in [0.25, 0.3) is 0 Å². The van der Waals surface area contributed by atoms with Gasteiger partial charge in [-0.3, -0.25) is 9.59 Å². The molecule has 0 aromatic heterocycles. The van der Waals surface area contributed by atoms with Crippen molar-refractivity contribution in [2.24, 2.45) is 0 Å². The number of aliphatic hydroxyl groups excluding tert-OH is 2. The van der Waals surface area contributed by atoms with Gasteiger partial charge in [-0.15, -0.1) is 0 Å². The van der Waals surface area contributed by atoms with Gasteiger partial charge in [-0.2, -0.15) is 0 Å². The molecular formula is C21H19NO8. The number of carbonyl (C=O) groups excluding carboxylic acids is 2. The van der Waals surface area contributed by atoms with Gasteiger partial charge >= 0.3 is 0 Å². The highest BCUT2D eigenvalue weighted by molar-refractivity contribution is 6.31. The number of phenols is 2. The van der Waals surface area contributed by atoms with E-state index < -0.39 is 71.1 Å². The maximum Gasteiger partial charge on any atom is 0.202 e. The molecule has 156 valence electrons. The van der Waals surface area contributed by atoms with Gasteiger partial charge in [0.1, 0.15) is 22.8 Å². The molecular weight excluding hydrogens is 394 g/mol. The summed E-state index contributed by atoms with van der Waals surface area (Å²) in [7, 11) is 1.33. The first-order chi connectivity index (χ1) is 14.2. The van der Waals surface area contributed by atoms with Crippen LogP contribution in [0, 0.1) is 5.41 Å². The number of benzene rings is 2. The summed E-state index contributed by atoms with van der Waals surface area (Å²) in [5.74, 6) is -2.68. The number of ether oxygens (including phenoxy) is 1. The molecule has 0 spiro atoms. The lowest BCUT2D eigenvalue weighted by Crippen LogP contribution is -2.46. The first kappa shape index (κ1) is 20.0. The molecule has 30 heavy (non-hydrogen) atoms. The third kappa shape index (κ3) is 2.49. The summed E-state index contributed by atoms with van der Waals surface area (Å²) in [6.45, 7) is -0.777. The second-order valence-corrected chi connectivity index (χ2v) is 7.45. The van der Waals surface area contributed by atoms with Crippen molar-refractivity contribution >= 4 is 17.3 Å². The Kier molecular flexibility index (Phi) is 4.42. The molecule has 0 fully saturated rings. The van der Waals surface area contributed by atoms with Crippen LogP contribution in [0.3, 0.4) is 0 Å². The summed E-state index contributed by atoms with van der Waals surface area (Å²) in [5, 5.41) is 60.1. The molecule has 0 amide bonds. The van der Waals surface area contributed by atoms with Crippen molar-refractivity contribution in [3.63, 3.8) is 0 Å². The average molecular weight is 413 g/mol. The second kappa shape index (κ2) is 6.63. The largest absolute Gasteiger partial charge is 0.507 e. The van der Waals surface area contributed by atoms with Crippen molar-refractivity contribution in [1.29, 1.82) is 5.41 Å². The smallest absolute Gasteiger partial charge is 0.202 e. The van der Waals surface area contributed by atoms with Crippen molar-refractivity contribution < 1.29 is 39.9 Å². The van der Waals surface area contributed by atoms with E-state index in [-0.39, 0.29) is 28.0 Å². The Morgan fingerprint density at radius 2 is 1.83 bits per heavy atom. The lowest BCUT2D eigenvalue weighted by molar-refractivity contribution is 0.0229. The molecule has 2 aromatic rings. The fourth-order valence-corrected chi connectivity index (χ4v) is 4.32. The molecule has 0 unspecified atom stereocenters. The van der Waals surface area contributed by atoms with Gasteiger partial charge in [0.2, 0.25) is 5.78 Å². The fraction of sp³-hybridized carbons (Fsp3) is 0.286. The number of fused-ring (bicyclic) bond motifs is 3. The Morgan fingerprint density at radius 1 is 1.17 bits per heavy atom. The van der Waals surface area contributed by atoms with E-state index in [1.807, 2.05) is 0 Å². The fourth-order valence-electron chi connectivity index (χ4n) is 4.32. The maximum atomic E-state index is 13.2. The predicted molar refractivity (Wildman–Crippen MR) is 103 cm³/mol. The van der Waals surface area contributed by atoms with Gasteiger partial charge in [0.25, 0.3) is 0 Å². The molecule has 9 nitrogen and oxygen atoms in total. The summed E-state index contributed by atoms with van der Waals surface area (Å²) in [4.78, 5) is 26.3. The Balaban J connectivity index is 2.01. The minimum absolute atomic E-state index is 0.0174. The van der Waals surface area contributed by atoms with E-state index in [2.05, 4.69) is 0 Å². The molecule has 6 N–H and O–H groups in total. The molecule has 4 rings (SSSR count). The van der Waals surface area contributed by atoms with Gasteiger partial charge in [-0.25, -0.2) is 0 Å². The molecule has 2 atom stereocenters. The van der Waals surface area contributed by atoms with Crippen LogP contribution in [0.15, 0.2) is 18.2 Å². The Bertz CT molecular complexity index is 1140. The normalized spacial score (nSPS) is 22.2. The first-order valence-corrected chi connectivity index (χ1v) is 9.12. The molecule has 2 aliphatic carbocycles. The maximum absolute atomic E-state index is 13.2. The molecule has 9 heteroatoms. The van der Waals surface area contributed by atoms with E-state index >= 15 is 0 Å². The predicted octanol–water partition coefficient (Wildman–Crippen LogP) is 0.605. The molecule has 0 radical (unpaired) electrons. The van der Waals surface area contributed by atoms with Crippen molar-refractivity contribution in [3.8, 4) is 17.2 Å². The summed E-state index contributed by atoms with van der Waals surface area (Å²) >= 11 is 0. The number of nitrogens with one attached hydrogen (secondary N) is 1. The van der Waals surface area contributed by atoms with E-state index in [0.29, 0.717) is 0 Å². The SMILES string of the molecule is COc1cccc2c1C(=O)c1c(O)c3c(c(O)c1C2=O)C[C@@](O)(C(=N)CO)C[C@@H]3O. The van der Waals surface area contributed by atoms with Crippen LogP contribution in [-0.2, 0) is 6.42 Å². The van der Waals surface area contributed by atoms with Gasteiger partial charge in [-0.1, -0.05) is 12.1 Å². The van der Waals surface area contributed by atoms with Crippen molar-refractivity contribution in [1.82, 2.24) is 0 Å². The highest BCUT2D eigenvalue weighted by Crippen LogP contribution is 2.50. The number of methoxy groups -OCH3 is 1. The zero-order valence-electron chi connectivity index (χ0n) is 15.9. The van der Waals surface area contributed by atoms with Gasteiger partial charge in [-0.05, 0) is 6.07 Å². The third-order valence-electron chi connectivity index (χ3n) is 5.81. The number of aromatic hydroxyl groups is 2. The highest BCUT2D eigenvalue weighted by atomic mass is 16.5. The third-order valence-corrected chi connectivity index (χ3v) is 5.81. The quantitative estimate of drug-likeness (QED) is 0.268. The minimum atomic E-state index is -1.98. The van der Waals surface area contributed by atoms with Crippen LogP contribution in [0.2, 0.25) is 0 Å². The van der Waals surface area contributed by atoms with Crippen molar-refractivity contribution in [2.75, 3.05) is 13.7 Å². The number of hydrogen-bond donors (Lipinski definition) is 6. The molecule has 2 aliphatic rings. The molecule has 0 saturated heterocycles. The van der Waals surface area contributed by atoms with E-state index in [1.165, 1.54) is 25.3 Å². The Hall–Kier alpha value is -3.27. The molecule has 0 aliphatic heterocycles. The number of carbonyl (C=O) groups is 2. The summed E-state index contributed by atoms with van der Waals surface area (Å²) < 4.78 is 5.17. The first-order valence-electron chi connectivity index (χ1n) is 9.12. The van der Waals surface area contributed by atoms with E-state index in [1.54, 1.807) is 0 Å². The van der Waals surface area contributed by atoms with E-state index in [4.69, 9.17) is 10.1 Å². The minimum Gasteiger partial charge on any atom is -0.507 e. The molecule has 0 heterocycles. The zero-order valence-corrected chi connectivity index (χ0v) is 15.9. The van der Waals surface area contributed by atoms with Crippen LogP contribution in [0.5, 0.6) is 17.2 Å². The summed E-state index contributed by atoms with van der Waals surface area (Å²) in [6.07, 6.45) is -2.42. The second-order valence-electron chi connectivity index (χ2n) is 7.45. The standard InChI is InChI=1S/C21H19NO8/c1-30-11-4-2-3-8-14(11)20(28)16-15(17(8)25)18(26)9-5-21(29,12(22)7-23)6-10(24)13(9)19(16)27/h2-4,10,22-24,26-27,29H,5-7H2,1H3/t10-,21-/m0/s1. The summed E-state index contributed by atoms with van der Waals surface area (Å²) in [6, 6.07) is 4.39. The topological polar surface area (TPSA) is 168 Å². The van der Waals surface area contributed by atoms with Crippen LogP contribution in [-0.4, -0.2) is 62.1 Å². The molecule has 2 aromatic carbocycles. The summed E-state index contributed by atoms with van der Waals surface area (Å²) in [5.41, 5.74) is -3.78. The molecule has 0 bridgehead atoms. The number of phenolic OH excluding ortho intramolecular Hbond substituents is 2. The number of ketones is 2. The van der Waals surface area contributed by atoms with Crippen LogP contribution in [0.4, 0.5) is 0 Å². The lowest BCUT2D eigenvalue weighted by atomic mass is 9.72.